The highest BCUT2D eigenvalue weighted by Crippen LogP contribution is 2.26. The van der Waals surface area contributed by atoms with Crippen LogP contribution in [0, 0.1) is 0 Å². The summed E-state index contributed by atoms with van der Waals surface area (Å²) in [6.07, 6.45) is 1.30. The fourth-order valence-corrected chi connectivity index (χ4v) is 3.00. The second kappa shape index (κ2) is 10.9. The third kappa shape index (κ3) is 5.81. The summed E-state index contributed by atoms with van der Waals surface area (Å²) >= 11 is 0. The molecule has 0 aromatic heterocycles. The van der Waals surface area contributed by atoms with Crippen molar-refractivity contribution < 1.29 is 19.3 Å². The van der Waals surface area contributed by atoms with Gasteiger partial charge in [-0.25, -0.2) is 0 Å². The lowest BCUT2D eigenvalue weighted by molar-refractivity contribution is -0.108. The van der Waals surface area contributed by atoms with E-state index in [1.54, 1.807) is 21.3 Å². The van der Waals surface area contributed by atoms with Crippen LogP contribution in [0.25, 0.3) is 0 Å². The lowest BCUT2D eigenvalue weighted by Gasteiger charge is -2.27. The van der Waals surface area contributed by atoms with Gasteiger partial charge in [-0.3, -0.25) is 0 Å². The van der Waals surface area contributed by atoms with Crippen LogP contribution in [0.5, 0.6) is 5.75 Å². The zero-order chi connectivity index (χ0) is 18.8. The summed E-state index contributed by atoms with van der Waals surface area (Å²) in [5, 5.41) is 13.5. The SMILES string of the molecule is COc1ccc([C@@H](CCC(OC)OC)N[C@@H](CO)c2ccccc2)cc1. The molecule has 0 aliphatic heterocycles. The molecule has 26 heavy (non-hydrogen) atoms. The molecule has 0 aliphatic carbocycles. The lowest BCUT2D eigenvalue weighted by atomic mass is 9.98. The normalized spacial score (nSPS) is 13.6. The highest BCUT2D eigenvalue weighted by Gasteiger charge is 2.20. The Balaban J connectivity index is 2.17. The summed E-state index contributed by atoms with van der Waals surface area (Å²) in [7, 11) is 4.94. The van der Waals surface area contributed by atoms with Gasteiger partial charge in [0.25, 0.3) is 0 Å². The molecule has 0 amide bonds. The molecule has 142 valence electrons. The Bertz CT molecular complexity index is 614. The molecule has 2 aromatic rings. The number of ether oxygens (including phenoxy) is 3. The van der Waals surface area contributed by atoms with Crippen LogP contribution in [0.2, 0.25) is 0 Å². The summed E-state index contributed by atoms with van der Waals surface area (Å²) in [6, 6.07) is 17.9. The summed E-state index contributed by atoms with van der Waals surface area (Å²) < 4.78 is 15.9. The molecule has 0 heterocycles. The number of rotatable bonds is 11. The summed E-state index contributed by atoms with van der Waals surface area (Å²) in [4.78, 5) is 0. The molecule has 0 spiro atoms. The van der Waals surface area contributed by atoms with Crippen LogP contribution in [-0.4, -0.2) is 39.3 Å². The minimum atomic E-state index is -0.248. The van der Waals surface area contributed by atoms with Crippen LogP contribution in [0.4, 0.5) is 0 Å². The fourth-order valence-electron chi connectivity index (χ4n) is 3.00. The third-order valence-electron chi connectivity index (χ3n) is 4.52. The van der Waals surface area contributed by atoms with Crippen LogP contribution in [0.15, 0.2) is 54.6 Å². The van der Waals surface area contributed by atoms with Crippen molar-refractivity contribution >= 4 is 0 Å². The number of benzene rings is 2. The van der Waals surface area contributed by atoms with E-state index in [1.807, 2.05) is 54.6 Å². The average molecular weight is 359 g/mol. The van der Waals surface area contributed by atoms with Crippen molar-refractivity contribution in [3.8, 4) is 5.75 Å². The fraction of sp³-hybridized carbons (Fsp3) is 0.429. The predicted octanol–water partition coefficient (Wildman–Crippen LogP) is 3.46. The summed E-state index contributed by atoms with van der Waals surface area (Å²) in [5.74, 6) is 0.820. The number of hydrogen-bond acceptors (Lipinski definition) is 5. The van der Waals surface area contributed by atoms with E-state index in [0.717, 1.165) is 29.7 Å². The lowest BCUT2D eigenvalue weighted by Crippen LogP contribution is -2.30. The molecule has 0 unspecified atom stereocenters. The van der Waals surface area contributed by atoms with Crippen LogP contribution < -0.4 is 10.1 Å². The number of aliphatic hydroxyl groups excluding tert-OH is 1. The minimum Gasteiger partial charge on any atom is -0.497 e. The van der Waals surface area contributed by atoms with E-state index in [-0.39, 0.29) is 25.0 Å². The van der Waals surface area contributed by atoms with Crippen molar-refractivity contribution in [2.75, 3.05) is 27.9 Å². The van der Waals surface area contributed by atoms with Gasteiger partial charge in [0.2, 0.25) is 0 Å². The quantitative estimate of drug-likeness (QED) is 0.602. The van der Waals surface area contributed by atoms with E-state index >= 15 is 0 Å². The van der Waals surface area contributed by atoms with Gasteiger partial charge in [-0.1, -0.05) is 42.5 Å². The molecule has 0 bridgehead atoms. The van der Waals surface area contributed by atoms with Crippen molar-refractivity contribution in [1.82, 2.24) is 5.32 Å². The molecule has 0 fully saturated rings. The molecule has 0 saturated heterocycles. The van der Waals surface area contributed by atoms with Crippen LogP contribution >= 0.6 is 0 Å². The molecule has 5 nitrogen and oxygen atoms in total. The highest BCUT2D eigenvalue weighted by atomic mass is 16.7. The standard InChI is InChI=1S/C21H29NO4/c1-24-18-11-9-17(10-12-18)19(13-14-21(25-2)26-3)22-20(15-23)16-7-5-4-6-8-16/h4-12,19-23H,13-15H2,1-3H3/t19-,20+/m1/s1. The van der Waals surface area contributed by atoms with Gasteiger partial charge in [0.1, 0.15) is 5.75 Å². The molecule has 2 atom stereocenters. The molecular formula is C21H29NO4. The molecule has 0 aliphatic rings. The number of aliphatic hydroxyl groups is 1. The van der Waals surface area contributed by atoms with Gasteiger partial charge < -0.3 is 24.6 Å². The zero-order valence-electron chi connectivity index (χ0n) is 15.7. The van der Waals surface area contributed by atoms with Crippen LogP contribution in [0.1, 0.15) is 36.1 Å². The summed E-state index contributed by atoms with van der Waals surface area (Å²) in [6.45, 7) is 0.0225. The molecule has 5 heteroatoms. The van der Waals surface area contributed by atoms with Gasteiger partial charge >= 0.3 is 0 Å². The van der Waals surface area contributed by atoms with E-state index in [1.165, 1.54) is 0 Å². The summed E-state index contributed by atoms with van der Waals surface area (Å²) in [5.41, 5.74) is 2.19. The molecule has 0 radical (unpaired) electrons. The van der Waals surface area contributed by atoms with Gasteiger partial charge in [0.15, 0.2) is 6.29 Å². The molecule has 2 rings (SSSR count). The monoisotopic (exact) mass is 359 g/mol. The largest absolute Gasteiger partial charge is 0.497 e. The van der Waals surface area contributed by atoms with Gasteiger partial charge in [0.05, 0.1) is 19.8 Å². The van der Waals surface area contributed by atoms with E-state index < -0.39 is 0 Å². The first-order chi connectivity index (χ1) is 12.7. The average Bonchev–Trinajstić information content (AvgIpc) is 2.71. The topological polar surface area (TPSA) is 60.0 Å². The molecule has 0 saturated carbocycles. The Morgan fingerprint density at radius 2 is 1.42 bits per heavy atom. The van der Waals surface area contributed by atoms with Crippen molar-refractivity contribution in [1.29, 1.82) is 0 Å². The van der Waals surface area contributed by atoms with Gasteiger partial charge in [0, 0.05) is 26.7 Å². The van der Waals surface area contributed by atoms with Gasteiger partial charge in [-0.15, -0.1) is 0 Å². The van der Waals surface area contributed by atoms with E-state index in [0.29, 0.717) is 0 Å². The second-order valence-corrected chi connectivity index (χ2v) is 6.12. The van der Waals surface area contributed by atoms with E-state index in [2.05, 4.69) is 5.32 Å². The number of methoxy groups -OCH3 is 3. The maximum atomic E-state index is 9.90. The maximum Gasteiger partial charge on any atom is 0.156 e. The maximum absolute atomic E-state index is 9.90. The van der Waals surface area contributed by atoms with E-state index in [9.17, 15) is 5.11 Å². The Morgan fingerprint density at radius 1 is 0.808 bits per heavy atom. The Morgan fingerprint density at radius 3 is 1.96 bits per heavy atom. The van der Waals surface area contributed by atoms with Crippen molar-refractivity contribution in [3.05, 3.63) is 65.7 Å². The Kier molecular flexibility index (Phi) is 8.58. The highest BCUT2D eigenvalue weighted by molar-refractivity contribution is 5.29. The minimum absolute atomic E-state index is 0.0225. The smallest absolute Gasteiger partial charge is 0.156 e. The molecule has 2 N–H and O–H groups in total. The van der Waals surface area contributed by atoms with Crippen LogP contribution in [-0.2, 0) is 9.47 Å². The number of nitrogens with one attached hydrogen (secondary N) is 1. The second-order valence-electron chi connectivity index (χ2n) is 6.12. The van der Waals surface area contributed by atoms with Crippen LogP contribution in [0.3, 0.4) is 0 Å². The zero-order valence-corrected chi connectivity index (χ0v) is 15.7. The van der Waals surface area contributed by atoms with Crippen molar-refractivity contribution in [2.45, 2.75) is 31.2 Å². The molecule has 2 aromatic carbocycles. The Hall–Kier alpha value is -1.92. The third-order valence-corrected chi connectivity index (χ3v) is 4.52. The number of hydrogen-bond donors (Lipinski definition) is 2. The molecular weight excluding hydrogens is 330 g/mol. The van der Waals surface area contributed by atoms with Crippen molar-refractivity contribution in [3.63, 3.8) is 0 Å². The van der Waals surface area contributed by atoms with Gasteiger partial charge in [-0.05, 0) is 29.7 Å². The Labute approximate surface area is 155 Å². The van der Waals surface area contributed by atoms with E-state index in [4.69, 9.17) is 14.2 Å². The van der Waals surface area contributed by atoms with Gasteiger partial charge in [-0.2, -0.15) is 0 Å². The predicted molar refractivity (Wildman–Crippen MR) is 102 cm³/mol. The van der Waals surface area contributed by atoms with Crippen molar-refractivity contribution in [2.24, 2.45) is 0 Å². The first kappa shape index (κ1) is 20.4. The first-order valence-electron chi connectivity index (χ1n) is 8.83. The first-order valence-corrected chi connectivity index (χ1v) is 8.83.